The number of rotatable bonds is 5. The molecule has 3 nitrogen and oxygen atoms in total. The minimum absolute atomic E-state index is 0.549. The second-order valence-corrected chi connectivity index (χ2v) is 5.79. The molecule has 0 saturated carbocycles. The predicted octanol–water partition coefficient (Wildman–Crippen LogP) is 4.36. The largest absolute Gasteiger partial charge is 0.492 e. The summed E-state index contributed by atoms with van der Waals surface area (Å²) in [6.07, 6.45) is 0. The maximum Gasteiger partial charge on any atom is 0.173 e. The summed E-state index contributed by atoms with van der Waals surface area (Å²) >= 11 is 11.2. The number of ether oxygens (including phenoxy) is 1. The van der Waals surface area contributed by atoms with Gasteiger partial charge in [0.2, 0.25) is 0 Å². The van der Waals surface area contributed by atoms with E-state index in [2.05, 4.69) is 18.3 Å². The smallest absolute Gasteiger partial charge is 0.173 e. The topological polar surface area (TPSA) is 24.5 Å². The molecule has 116 valence electrons. The number of nitrogens with one attached hydrogen (secondary N) is 1. The molecule has 2 aromatic carbocycles. The van der Waals surface area contributed by atoms with Gasteiger partial charge in [0, 0.05) is 17.8 Å². The van der Waals surface area contributed by atoms with Crippen LogP contribution in [0.2, 0.25) is 5.02 Å². The van der Waals surface area contributed by atoms with Crippen LogP contribution in [0.1, 0.15) is 5.56 Å². The molecule has 0 atom stereocenters. The van der Waals surface area contributed by atoms with Crippen molar-refractivity contribution in [2.75, 3.05) is 25.5 Å². The Morgan fingerprint density at radius 2 is 1.86 bits per heavy atom. The van der Waals surface area contributed by atoms with Crippen LogP contribution in [0.5, 0.6) is 5.75 Å². The van der Waals surface area contributed by atoms with Gasteiger partial charge in [0.25, 0.3) is 0 Å². The van der Waals surface area contributed by atoms with E-state index in [9.17, 15) is 0 Å². The van der Waals surface area contributed by atoms with E-state index >= 15 is 0 Å². The molecule has 0 fully saturated rings. The number of hydrogen-bond donors (Lipinski definition) is 1. The van der Waals surface area contributed by atoms with Crippen molar-refractivity contribution in [2.24, 2.45) is 0 Å². The average Bonchev–Trinajstić information content (AvgIpc) is 2.51. The Morgan fingerprint density at radius 3 is 2.55 bits per heavy atom. The Balaban J connectivity index is 1.79. The van der Waals surface area contributed by atoms with Crippen molar-refractivity contribution in [1.29, 1.82) is 0 Å². The quantitative estimate of drug-likeness (QED) is 0.821. The highest BCUT2D eigenvalue weighted by molar-refractivity contribution is 7.80. The molecule has 1 N–H and O–H groups in total. The zero-order chi connectivity index (χ0) is 15.9. The number of benzene rings is 2. The summed E-state index contributed by atoms with van der Waals surface area (Å²) in [6.45, 7) is 3.29. The van der Waals surface area contributed by atoms with E-state index in [1.807, 2.05) is 54.4 Å². The summed E-state index contributed by atoms with van der Waals surface area (Å²) in [6, 6.07) is 15.4. The highest BCUT2D eigenvalue weighted by atomic mass is 35.5. The molecule has 0 aromatic heterocycles. The predicted molar refractivity (Wildman–Crippen MR) is 97.0 cm³/mol. The average molecular weight is 335 g/mol. The Hall–Kier alpha value is -1.78. The van der Waals surface area contributed by atoms with Crippen LogP contribution in [-0.2, 0) is 0 Å². The van der Waals surface area contributed by atoms with Gasteiger partial charge in [-0.3, -0.25) is 0 Å². The van der Waals surface area contributed by atoms with Crippen molar-refractivity contribution in [3.8, 4) is 5.75 Å². The van der Waals surface area contributed by atoms with E-state index in [1.165, 1.54) is 0 Å². The number of aryl methyl sites for hydroxylation is 1. The molecule has 0 saturated heterocycles. The normalized spacial score (nSPS) is 10.1. The summed E-state index contributed by atoms with van der Waals surface area (Å²) < 4.78 is 5.67. The van der Waals surface area contributed by atoms with E-state index < -0.39 is 0 Å². The molecule has 2 rings (SSSR count). The van der Waals surface area contributed by atoms with Crippen LogP contribution in [0.25, 0.3) is 0 Å². The van der Waals surface area contributed by atoms with Crippen LogP contribution in [0.4, 0.5) is 5.69 Å². The monoisotopic (exact) mass is 334 g/mol. The first-order valence-corrected chi connectivity index (χ1v) is 7.81. The standard InChI is InChI=1S/C17H19ClN2OS/c1-13-5-3-4-6-16(13)19-17(22)20(2)11-12-21-15-9-7-14(18)8-10-15/h3-10H,11-12H2,1-2H3,(H,19,22). The lowest BCUT2D eigenvalue weighted by Crippen LogP contribution is -2.34. The van der Waals surface area contributed by atoms with Crippen LogP contribution in [0, 0.1) is 6.92 Å². The van der Waals surface area contributed by atoms with Crippen LogP contribution >= 0.6 is 23.8 Å². The third-order valence-electron chi connectivity index (χ3n) is 3.24. The number of para-hydroxylation sites is 1. The van der Waals surface area contributed by atoms with Crippen LogP contribution in [0.3, 0.4) is 0 Å². The van der Waals surface area contributed by atoms with E-state index in [4.69, 9.17) is 28.6 Å². The van der Waals surface area contributed by atoms with E-state index in [0.717, 1.165) is 17.0 Å². The van der Waals surface area contributed by atoms with Crippen molar-refractivity contribution in [1.82, 2.24) is 4.90 Å². The molecule has 0 aliphatic heterocycles. The lowest BCUT2D eigenvalue weighted by atomic mass is 10.2. The SMILES string of the molecule is Cc1ccccc1NC(=S)N(C)CCOc1ccc(Cl)cc1. The third kappa shape index (κ3) is 4.90. The van der Waals surface area contributed by atoms with Gasteiger partial charge in [0.05, 0.1) is 6.54 Å². The van der Waals surface area contributed by atoms with Crippen LogP contribution in [0.15, 0.2) is 48.5 Å². The van der Waals surface area contributed by atoms with E-state index in [0.29, 0.717) is 23.3 Å². The van der Waals surface area contributed by atoms with Gasteiger partial charge in [-0.05, 0) is 55.0 Å². The highest BCUT2D eigenvalue weighted by Gasteiger charge is 2.06. The fourth-order valence-corrected chi connectivity index (χ4v) is 2.18. The first-order chi connectivity index (χ1) is 10.6. The van der Waals surface area contributed by atoms with Crippen LogP contribution in [-0.4, -0.2) is 30.2 Å². The van der Waals surface area contributed by atoms with Crippen molar-refractivity contribution in [3.05, 3.63) is 59.1 Å². The number of thiocarbonyl (C=S) groups is 1. The van der Waals surface area contributed by atoms with Gasteiger partial charge in [-0.15, -0.1) is 0 Å². The minimum Gasteiger partial charge on any atom is -0.492 e. The second-order valence-electron chi connectivity index (χ2n) is 4.97. The number of hydrogen-bond acceptors (Lipinski definition) is 2. The summed E-state index contributed by atoms with van der Waals surface area (Å²) in [4.78, 5) is 1.96. The maximum absolute atomic E-state index is 5.84. The molecule has 5 heteroatoms. The fourth-order valence-electron chi connectivity index (χ4n) is 1.86. The molecule has 0 radical (unpaired) electrons. The summed E-state index contributed by atoms with van der Waals surface area (Å²) in [5, 5.41) is 4.63. The molecule has 0 amide bonds. The molecule has 0 aliphatic rings. The first-order valence-electron chi connectivity index (χ1n) is 7.02. The van der Waals surface area contributed by atoms with Gasteiger partial charge < -0.3 is 15.0 Å². The molecule has 2 aromatic rings. The number of nitrogens with zero attached hydrogens (tertiary/aromatic N) is 1. The Morgan fingerprint density at radius 1 is 1.18 bits per heavy atom. The van der Waals surface area contributed by atoms with Gasteiger partial charge >= 0.3 is 0 Å². The summed E-state index contributed by atoms with van der Waals surface area (Å²) in [5.74, 6) is 0.801. The van der Waals surface area contributed by atoms with Crippen molar-refractivity contribution in [3.63, 3.8) is 0 Å². The molecular weight excluding hydrogens is 316 g/mol. The lowest BCUT2D eigenvalue weighted by Gasteiger charge is -2.21. The van der Waals surface area contributed by atoms with Crippen molar-refractivity contribution >= 4 is 34.6 Å². The number of likely N-dealkylation sites (N-methyl/N-ethyl adjacent to an activating group) is 1. The Kier molecular flexibility index (Phi) is 6.04. The van der Waals surface area contributed by atoms with E-state index in [-0.39, 0.29) is 0 Å². The zero-order valence-electron chi connectivity index (χ0n) is 12.7. The molecule has 0 aliphatic carbocycles. The first kappa shape index (κ1) is 16.6. The fraction of sp³-hybridized carbons (Fsp3) is 0.235. The molecule has 0 unspecified atom stereocenters. The Labute approximate surface area is 141 Å². The summed E-state index contributed by atoms with van der Waals surface area (Å²) in [7, 11) is 1.94. The number of anilines is 1. The third-order valence-corrected chi connectivity index (χ3v) is 3.91. The molecule has 0 heterocycles. The van der Waals surface area contributed by atoms with E-state index in [1.54, 1.807) is 0 Å². The summed E-state index contributed by atoms with van der Waals surface area (Å²) in [5.41, 5.74) is 2.19. The lowest BCUT2D eigenvalue weighted by molar-refractivity contribution is 0.285. The highest BCUT2D eigenvalue weighted by Crippen LogP contribution is 2.16. The maximum atomic E-state index is 5.84. The molecular formula is C17H19ClN2OS. The molecule has 0 bridgehead atoms. The molecule has 22 heavy (non-hydrogen) atoms. The van der Waals surface area contributed by atoms with Gasteiger partial charge in [0.15, 0.2) is 5.11 Å². The van der Waals surface area contributed by atoms with Gasteiger partial charge in [-0.25, -0.2) is 0 Å². The number of halogens is 1. The minimum atomic E-state index is 0.549. The Bertz CT molecular complexity index is 631. The van der Waals surface area contributed by atoms with Crippen molar-refractivity contribution < 1.29 is 4.74 Å². The van der Waals surface area contributed by atoms with Gasteiger partial charge in [-0.2, -0.15) is 0 Å². The van der Waals surface area contributed by atoms with Gasteiger partial charge in [-0.1, -0.05) is 29.8 Å². The van der Waals surface area contributed by atoms with Gasteiger partial charge in [0.1, 0.15) is 12.4 Å². The zero-order valence-corrected chi connectivity index (χ0v) is 14.2. The van der Waals surface area contributed by atoms with Crippen LogP contribution < -0.4 is 10.1 Å². The van der Waals surface area contributed by atoms with Crippen molar-refractivity contribution in [2.45, 2.75) is 6.92 Å². The molecule has 0 spiro atoms. The second kappa shape index (κ2) is 8.01.